The zero-order valence-electron chi connectivity index (χ0n) is 41.6. The molecule has 2 rings (SSSR count). The highest BCUT2D eigenvalue weighted by atomic mass is 28.2. The molecule has 64 heavy (non-hydrogen) atoms. The first kappa shape index (κ1) is 58.1. The predicted octanol–water partition coefficient (Wildman–Crippen LogP) is 3.84. The Morgan fingerprint density at radius 3 is 1.75 bits per heavy atom. The highest BCUT2D eigenvalue weighted by Gasteiger charge is 2.24. The van der Waals surface area contributed by atoms with E-state index in [0.29, 0.717) is 70.5 Å². The molecule has 0 radical (unpaired) electrons. The molecule has 0 amide bonds. The monoisotopic (exact) mass is 952 g/mol. The smallest absolute Gasteiger partial charge is 0.172 e. The van der Waals surface area contributed by atoms with Crippen LogP contribution >= 0.6 is 0 Å². The van der Waals surface area contributed by atoms with Crippen molar-refractivity contribution in [2.75, 3.05) is 95.1 Å². The molecular weight excluding hydrogens is 859 g/mol. The first-order valence-corrected chi connectivity index (χ1v) is 31.8. The number of aliphatic hydroxyl groups excluding tert-OH is 4. The first-order valence-electron chi connectivity index (χ1n) is 24.6. The molecule has 0 saturated heterocycles. The number of nitrogens with zero attached hydrogens (tertiary/aromatic N) is 2. The Kier molecular flexibility index (Phi) is 30.3. The van der Waals surface area contributed by atoms with E-state index >= 15 is 0 Å². The molecule has 4 unspecified atom stereocenters. The van der Waals surface area contributed by atoms with Crippen LogP contribution in [-0.2, 0) is 9.47 Å². The van der Waals surface area contributed by atoms with Crippen LogP contribution in [0.3, 0.4) is 0 Å². The molecule has 0 aliphatic rings. The summed E-state index contributed by atoms with van der Waals surface area (Å²) in [5.74, 6) is 1.37. The van der Waals surface area contributed by atoms with E-state index in [2.05, 4.69) is 61.3 Å². The number of anilines is 2. The summed E-state index contributed by atoms with van der Waals surface area (Å²) >= 11 is 0. The summed E-state index contributed by atoms with van der Waals surface area (Å²) in [6.45, 7) is 26.3. The van der Waals surface area contributed by atoms with Crippen LogP contribution in [0.25, 0.3) is 0 Å². The number of aliphatic hydroxyl groups is 4. The van der Waals surface area contributed by atoms with E-state index in [4.69, 9.17) is 18.9 Å². The molecule has 16 heteroatoms. The van der Waals surface area contributed by atoms with Crippen molar-refractivity contribution in [3.8, 4) is 11.5 Å². The third kappa shape index (κ3) is 27.5. The molecular formula is C48H93N5O8Si3. The van der Waals surface area contributed by atoms with Crippen molar-refractivity contribution in [3.05, 3.63) is 48.5 Å². The minimum atomic E-state index is -1.15. The Labute approximate surface area is 395 Å². The van der Waals surface area contributed by atoms with E-state index in [1.807, 2.05) is 74.2 Å². The summed E-state index contributed by atoms with van der Waals surface area (Å²) < 4.78 is 24.7. The van der Waals surface area contributed by atoms with Gasteiger partial charge in [0.15, 0.2) is 6.29 Å². The van der Waals surface area contributed by atoms with Crippen molar-refractivity contribution in [3.63, 3.8) is 0 Å². The fraction of sp³-hybridized carbons (Fsp3) is 0.750. The number of nitrogens with one attached hydrogen (secondary N) is 3. The maximum atomic E-state index is 11.8. The number of rotatable bonds is 38. The van der Waals surface area contributed by atoms with Gasteiger partial charge in [0, 0.05) is 79.1 Å². The minimum Gasteiger partial charge on any atom is -0.493 e. The lowest BCUT2D eigenvalue weighted by molar-refractivity contribution is -0.126. The lowest BCUT2D eigenvalue weighted by Crippen LogP contribution is -2.47. The van der Waals surface area contributed by atoms with Crippen LogP contribution in [0.5, 0.6) is 11.5 Å². The van der Waals surface area contributed by atoms with Crippen molar-refractivity contribution in [2.24, 2.45) is 10.8 Å². The summed E-state index contributed by atoms with van der Waals surface area (Å²) in [6, 6.07) is 19.4. The topological polar surface area (TPSA) is 160 Å². The van der Waals surface area contributed by atoms with Gasteiger partial charge >= 0.3 is 0 Å². The Morgan fingerprint density at radius 1 is 0.641 bits per heavy atom. The maximum Gasteiger partial charge on any atom is 0.172 e. The molecule has 0 aliphatic carbocycles. The third-order valence-electron chi connectivity index (χ3n) is 10.9. The van der Waals surface area contributed by atoms with E-state index in [0.717, 1.165) is 50.3 Å². The third-order valence-corrected chi connectivity index (χ3v) is 14.5. The quantitative estimate of drug-likeness (QED) is 0.0296. The van der Waals surface area contributed by atoms with Crippen LogP contribution < -0.4 is 35.2 Å². The van der Waals surface area contributed by atoms with Crippen LogP contribution in [0.15, 0.2) is 48.5 Å². The summed E-state index contributed by atoms with van der Waals surface area (Å²) in [6.07, 6.45) is 0.455. The summed E-state index contributed by atoms with van der Waals surface area (Å²) in [5.41, 5.74) is 1.63. The molecule has 5 atom stereocenters. The lowest BCUT2D eigenvalue weighted by Gasteiger charge is -2.34. The highest BCUT2D eigenvalue weighted by Crippen LogP contribution is 2.25. The predicted molar refractivity (Wildman–Crippen MR) is 277 cm³/mol. The van der Waals surface area contributed by atoms with Gasteiger partial charge in [-0.25, -0.2) is 0 Å². The highest BCUT2D eigenvalue weighted by molar-refractivity contribution is 6.33. The van der Waals surface area contributed by atoms with Gasteiger partial charge in [0.25, 0.3) is 0 Å². The van der Waals surface area contributed by atoms with Crippen LogP contribution in [-0.4, -0.2) is 165 Å². The maximum absolute atomic E-state index is 11.8. The van der Waals surface area contributed by atoms with Gasteiger partial charge in [-0.15, -0.1) is 0 Å². The molecule has 2 aromatic rings. The number of hydrogen-bond donors (Lipinski definition) is 7. The zero-order valence-corrected chi connectivity index (χ0v) is 45.8. The molecule has 2 aromatic carbocycles. The first-order chi connectivity index (χ1) is 30.5. The standard InChI is InChI=1S/C48H93N5O8Si3/c1-47(2,3)37-58-27-25-52(38-13-19-42(20-14-38)60-36-45(56)51-24-12-30-64-9)34-43(32-50-23-11-29-63-8)61-46(57)35-53(33-40(54)31-49-22-10-28-62-7)39-15-17-41(18-16-39)59-26-21-44(55)48(4,5)6/h13-20,40,43-46,49-51,54-57H,10-12,21-37,62-64H2,1-9H3/t40?,43?,44-,45?,46?/m0/s1. The Bertz CT molecular complexity index is 1420. The van der Waals surface area contributed by atoms with Crippen molar-refractivity contribution in [1.29, 1.82) is 0 Å². The van der Waals surface area contributed by atoms with Gasteiger partial charge < -0.3 is 59.8 Å². The van der Waals surface area contributed by atoms with Crippen molar-refractivity contribution >= 4 is 39.9 Å². The molecule has 13 nitrogen and oxygen atoms in total. The van der Waals surface area contributed by atoms with Crippen molar-refractivity contribution < 1.29 is 39.4 Å². The Balaban J connectivity index is 2.29. The average molecular weight is 953 g/mol. The van der Waals surface area contributed by atoms with E-state index in [9.17, 15) is 20.4 Å². The van der Waals surface area contributed by atoms with Crippen LogP contribution in [0.2, 0.25) is 37.8 Å². The van der Waals surface area contributed by atoms with E-state index < -0.39 is 24.7 Å². The number of benzene rings is 2. The Hall–Kier alpha value is -2.07. The van der Waals surface area contributed by atoms with Crippen molar-refractivity contribution in [2.45, 2.75) is 136 Å². The van der Waals surface area contributed by atoms with Gasteiger partial charge in [0.2, 0.25) is 0 Å². The molecule has 0 spiro atoms. The molecule has 0 heterocycles. The van der Waals surface area contributed by atoms with Crippen LogP contribution in [0.1, 0.15) is 67.2 Å². The zero-order chi connectivity index (χ0) is 47.2. The van der Waals surface area contributed by atoms with Gasteiger partial charge in [-0.05, 0) is 98.3 Å². The van der Waals surface area contributed by atoms with E-state index in [-0.39, 0.29) is 58.6 Å². The summed E-state index contributed by atoms with van der Waals surface area (Å²) in [7, 11) is 0.0217. The van der Waals surface area contributed by atoms with E-state index in [1.165, 1.54) is 18.1 Å². The average Bonchev–Trinajstić information content (AvgIpc) is 3.24. The molecule has 7 N–H and O–H groups in total. The van der Waals surface area contributed by atoms with Gasteiger partial charge in [-0.3, -0.25) is 5.32 Å². The largest absolute Gasteiger partial charge is 0.493 e. The molecule has 0 aliphatic heterocycles. The molecule has 0 aromatic heterocycles. The second-order valence-electron chi connectivity index (χ2n) is 19.6. The van der Waals surface area contributed by atoms with E-state index in [1.54, 1.807) is 0 Å². The second kappa shape index (κ2) is 33.4. The SMILES string of the molecule is C[SiH2]CCCNCC(O)CN(CC(O)OC(CNCCC[SiH2]C)CN(CCOCC(C)(C)C)c1ccc(OCC(O)NCCC[SiH2]C)cc1)c1ccc(OCC[C@H](O)C(C)(C)C)cc1. The molecule has 0 bridgehead atoms. The minimum absolute atomic E-state index is 0.0163. The van der Waals surface area contributed by atoms with Gasteiger partial charge in [0.05, 0.1) is 44.7 Å². The molecule has 370 valence electrons. The molecule has 0 saturated carbocycles. The lowest BCUT2D eigenvalue weighted by atomic mass is 9.87. The summed E-state index contributed by atoms with van der Waals surface area (Å²) in [4.78, 5) is 4.22. The van der Waals surface area contributed by atoms with Gasteiger partial charge in [-0.1, -0.05) is 79.3 Å². The van der Waals surface area contributed by atoms with Crippen LogP contribution in [0, 0.1) is 10.8 Å². The normalized spacial score (nSPS) is 15.1. The second-order valence-corrected chi connectivity index (χ2v) is 24.8. The fourth-order valence-corrected chi connectivity index (χ4v) is 9.23. The molecule has 0 fully saturated rings. The van der Waals surface area contributed by atoms with Gasteiger partial charge in [-0.2, -0.15) is 0 Å². The van der Waals surface area contributed by atoms with Gasteiger partial charge in [0.1, 0.15) is 24.3 Å². The van der Waals surface area contributed by atoms with Crippen molar-refractivity contribution in [1.82, 2.24) is 16.0 Å². The Morgan fingerprint density at radius 2 is 1.19 bits per heavy atom. The summed E-state index contributed by atoms with van der Waals surface area (Å²) in [5, 5.41) is 54.0. The fourth-order valence-electron chi connectivity index (χ4n) is 6.98. The van der Waals surface area contributed by atoms with Crippen LogP contribution in [0.4, 0.5) is 11.4 Å². The number of ether oxygens (including phenoxy) is 4. The number of hydrogen-bond acceptors (Lipinski definition) is 13.